The van der Waals surface area contributed by atoms with E-state index in [-0.39, 0.29) is 43.0 Å². The molecule has 12 nitrogen and oxygen atoms in total. The highest BCUT2D eigenvalue weighted by Crippen LogP contribution is 2.29. The van der Waals surface area contributed by atoms with Gasteiger partial charge in [-0.1, -0.05) is 6.58 Å². The summed E-state index contributed by atoms with van der Waals surface area (Å²) in [4.78, 5) is 28.3. The number of nitriles is 2. The molecule has 2 saturated heterocycles. The van der Waals surface area contributed by atoms with Crippen molar-refractivity contribution in [2.45, 2.75) is 31.2 Å². The van der Waals surface area contributed by atoms with E-state index in [2.05, 4.69) is 37.8 Å². The second-order valence-electron chi connectivity index (χ2n) is 10.1. The van der Waals surface area contributed by atoms with Gasteiger partial charge >= 0.3 is 0 Å². The maximum absolute atomic E-state index is 14.8. The molecule has 0 radical (unpaired) electrons. The van der Waals surface area contributed by atoms with E-state index in [1.165, 1.54) is 11.2 Å². The molecule has 2 aliphatic rings. The fourth-order valence-corrected chi connectivity index (χ4v) is 4.91. The molecule has 0 unspecified atom stereocenters. The number of aliphatic hydroxyl groups excluding tert-OH is 1. The average Bonchev–Trinajstić information content (AvgIpc) is 3.03. The van der Waals surface area contributed by atoms with E-state index < -0.39 is 24.3 Å². The van der Waals surface area contributed by atoms with Gasteiger partial charge in [0.15, 0.2) is 12.0 Å². The Balaban J connectivity index is 1.24. The summed E-state index contributed by atoms with van der Waals surface area (Å²) in [6.45, 7) is 5.36. The number of carbonyl (C=O) groups is 1. The summed E-state index contributed by atoms with van der Waals surface area (Å²) >= 11 is 0. The van der Waals surface area contributed by atoms with Crippen LogP contribution in [0.25, 0.3) is 11.4 Å². The van der Waals surface area contributed by atoms with Crippen molar-refractivity contribution in [1.82, 2.24) is 19.9 Å². The molecule has 1 aromatic heterocycles. The van der Waals surface area contributed by atoms with E-state index in [4.69, 9.17) is 14.7 Å². The highest BCUT2D eigenvalue weighted by molar-refractivity contribution is 5.78. The van der Waals surface area contributed by atoms with Gasteiger partial charge in [0.05, 0.1) is 31.3 Å². The Kier molecular flexibility index (Phi) is 8.93. The molecule has 3 heterocycles. The number of piperidine rings is 1. The topological polar surface area (TPSA) is 161 Å². The van der Waals surface area contributed by atoms with Crippen molar-refractivity contribution < 1.29 is 23.8 Å². The molecule has 0 bridgehead atoms. The molecule has 2 fully saturated rings. The average molecular weight is 585 g/mol. The first-order valence-electron chi connectivity index (χ1n) is 13.6. The van der Waals surface area contributed by atoms with Crippen molar-refractivity contribution in [3.05, 3.63) is 66.7 Å². The Labute approximate surface area is 247 Å². The molecule has 1 amide bonds. The normalized spacial score (nSPS) is 20.0. The first-order valence-corrected chi connectivity index (χ1v) is 13.6. The van der Waals surface area contributed by atoms with Crippen LogP contribution in [0.1, 0.15) is 18.4 Å². The summed E-state index contributed by atoms with van der Waals surface area (Å²) in [5.74, 6) is 0.448. The molecule has 43 heavy (non-hydrogen) atoms. The van der Waals surface area contributed by atoms with E-state index in [9.17, 15) is 19.6 Å². The van der Waals surface area contributed by atoms with E-state index in [0.29, 0.717) is 37.0 Å². The number of halogens is 1. The molecular formula is C30H29FN8O4. The number of carbonyl (C=O) groups excluding carboxylic acids is 1. The minimum absolute atomic E-state index is 0.00878. The van der Waals surface area contributed by atoms with Crippen LogP contribution in [0.2, 0.25) is 0 Å². The van der Waals surface area contributed by atoms with Gasteiger partial charge in [0, 0.05) is 36.4 Å². The van der Waals surface area contributed by atoms with Crippen LogP contribution < -0.4 is 15.0 Å². The monoisotopic (exact) mass is 584 g/mol. The van der Waals surface area contributed by atoms with Gasteiger partial charge in [-0.25, -0.2) is 14.4 Å². The number of aromatic nitrogens is 3. The van der Waals surface area contributed by atoms with Gasteiger partial charge in [0.2, 0.25) is 11.9 Å². The van der Waals surface area contributed by atoms with Crippen LogP contribution in [-0.4, -0.2) is 82.0 Å². The summed E-state index contributed by atoms with van der Waals surface area (Å²) < 4.78 is 26.2. The molecule has 0 saturated carbocycles. The van der Waals surface area contributed by atoms with Gasteiger partial charge in [0.25, 0.3) is 0 Å². The number of rotatable bonds is 8. The molecule has 3 aromatic rings. The van der Waals surface area contributed by atoms with Crippen LogP contribution in [0.3, 0.4) is 0 Å². The molecule has 0 spiro atoms. The molecule has 2 aliphatic heterocycles. The van der Waals surface area contributed by atoms with Gasteiger partial charge in [-0.15, -0.1) is 0 Å². The molecule has 3 atom stereocenters. The lowest BCUT2D eigenvalue weighted by molar-refractivity contribution is -0.134. The van der Waals surface area contributed by atoms with Crippen LogP contribution in [0, 0.1) is 22.7 Å². The van der Waals surface area contributed by atoms with Crippen molar-refractivity contribution in [3.63, 3.8) is 0 Å². The van der Waals surface area contributed by atoms with E-state index in [1.54, 1.807) is 24.3 Å². The molecule has 2 N–H and O–H groups in total. The van der Waals surface area contributed by atoms with Gasteiger partial charge in [-0.05, 0) is 42.5 Å². The Bertz CT molecular complexity index is 1570. The minimum Gasteiger partial charge on any atom is -0.510 e. The number of nitrogens with one attached hydrogen (secondary N) is 1. The predicted molar refractivity (Wildman–Crippen MR) is 154 cm³/mol. The van der Waals surface area contributed by atoms with Crippen molar-refractivity contribution in [2.24, 2.45) is 0 Å². The zero-order valence-electron chi connectivity index (χ0n) is 23.2. The third-order valence-electron chi connectivity index (χ3n) is 7.20. The fraction of sp³-hybridized carbons (Fsp3) is 0.333. The second kappa shape index (κ2) is 13.1. The van der Waals surface area contributed by atoms with Crippen LogP contribution in [-0.2, 0) is 9.53 Å². The maximum Gasteiger partial charge on any atom is 0.236 e. The summed E-state index contributed by atoms with van der Waals surface area (Å²) in [5.41, 5.74) is 2.46. The Hall–Kier alpha value is -5.27. The smallest absolute Gasteiger partial charge is 0.236 e. The minimum atomic E-state index is -1.46. The lowest BCUT2D eigenvalue weighted by Crippen LogP contribution is -2.49. The summed E-state index contributed by atoms with van der Waals surface area (Å²) in [7, 11) is 0. The van der Waals surface area contributed by atoms with Crippen LogP contribution in [0.5, 0.6) is 5.75 Å². The molecule has 2 aromatic carbocycles. The lowest BCUT2D eigenvalue weighted by Gasteiger charge is -2.34. The Morgan fingerprint density at radius 3 is 2.72 bits per heavy atom. The Morgan fingerprint density at radius 2 is 2.00 bits per heavy atom. The van der Waals surface area contributed by atoms with Crippen molar-refractivity contribution in [2.75, 3.05) is 43.0 Å². The van der Waals surface area contributed by atoms with Crippen LogP contribution >= 0.6 is 0 Å². The number of morpholine rings is 1. The number of anilines is 3. The number of nitrogens with zero attached hydrogens (tertiary/aromatic N) is 7. The molecular weight excluding hydrogens is 555 g/mol. The third kappa shape index (κ3) is 6.97. The number of alkyl halides is 1. The van der Waals surface area contributed by atoms with Crippen molar-refractivity contribution >= 4 is 23.2 Å². The number of aliphatic hydroxyl groups is 1. The largest absolute Gasteiger partial charge is 0.510 e. The van der Waals surface area contributed by atoms with Crippen LogP contribution in [0.15, 0.2) is 61.1 Å². The van der Waals surface area contributed by atoms with Crippen molar-refractivity contribution in [3.8, 4) is 29.3 Å². The van der Waals surface area contributed by atoms with Crippen molar-refractivity contribution in [1.29, 1.82) is 10.5 Å². The lowest BCUT2D eigenvalue weighted by atomic mass is 10.0. The number of ether oxygens (including phenoxy) is 2. The molecule has 0 aliphatic carbocycles. The first kappa shape index (κ1) is 29.2. The van der Waals surface area contributed by atoms with Gasteiger partial charge in [-0.2, -0.15) is 15.5 Å². The Morgan fingerprint density at radius 1 is 1.19 bits per heavy atom. The van der Waals surface area contributed by atoms with Gasteiger partial charge in [0.1, 0.15) is 42.5 Å². The molecule has 5 rings (SSSR count). The zero-order valence-corrected chi connectivity index (χ0v) is 23.2. The van der Waals surface area contributed by atoms with Gasteiger partial charge < -0.3 is 29.7 Å². The highest BCUT2D eigenvalue weighted by Gasteiger charge is 2.33. The fourth-order valence-electron chi connectivity index (χ4n) is 4.91. The van der Waals surface area contributed by atoms with E-state index >= 15 is 0 Å². The standard InChI is InChI=1S/C30H29FN8O4/c1-19(40)27-17-38(12-13-42-27)23-5-3-22(4-6-23)36-30-35-18-34-29(37-30)20-2-7-25(21(14-20)15-33)43-26-9-11-39(16-24(26)31)28(41)8-10-32/h2-7,14,18,24,26-27,40H,1,8-9,11-13,16-17H2,(H,34,35,36,37)/t24-,26+,27-/m1/s1. The zero-order chi connectivity index (χ0) is 30.3. The third-order valence-corrected chi connectivity index (χ3v) is 7.20. The maximum atomic E-state index is 14.8. The highest BCUT2D eigenvalue weighted by atomic mass is 19.1. The summed E-state index contributed by atoms with van der Waals surface area (Å²) in [5, 5.41) is 31.3. The number of hydrogen-bond acceptors (Lipinski definition) is 11. The number of amides is 1. The summed E-state index contributed by atoms with van der Waals surface area (Å²) in [6, 6.07) is 16.4. The second-order valence-corrected chi connectivity index (χ2v) is 10.1. The number of hydrogen-bond donors (Lipinski definition) is 2. The number of likely N-dealkylation sites (tertiary alicyclic amines) is 1. The molecule has 220 valence electrons. The predicted octanol–water partition coefficient (Wildman–Crippen LogP) is 3.66. The SMILES string of the molecule is C=C(O)[C@H]1CN(c2ccc(Nc3ncnc(-c4ccc(O[C@H]5CCN(C(=O)CC#N)C[C@H]5F)c(C#N)c4)n3)cc2)CCO1. The molecule has 13 heteroatoms. The number of benzene rings is 2. The quantitative estimate of drug-likeness (QED) is 0.372. The van der Waals surface area contributed by atoms with Crippen LogP contribution in [0.4, 0.5) is 21.7 Å². The van der Waals surface area contributed by atoms with E-state index in [1.807, 2.05) is 24.3 Å². The first-order chi connectivity index (χ1) is 20.8. The van der Waals surface area contributed by atoms with Gasteiger partial charge in [-0.3, -0.25) is 4.79 Å². The summed E-state index contributed by atoms with van der Waals surface area (Å²) in [6.07, 6.45) is -1.41. The van der Waals surface area contributed by atoms with E-state index in [0.717, 1.165) is 11.4 Å².